The van der Waals surface area contributed by atoms with Crippen LogP contribution in [0.1, 0.15) is 19.8 Å². The van der Waals surface area contributed by atoms with Gasteiger partial charge in [0.15, 0.2) is 0 Å². The molecule has 0 unspecified atom stereocenters. The number of rotatable bonds is 8. The molecular formula is C18H21NO3S. The van der Waals surface area contributed by atoms with E-state index in [1.54, 1.807) is 0 Å². The van der Waals surface area contributed by atoms with E-state index in [0.29, 0.717) is 6.61 Å². The number of ether oxygens (including phenoxy) is 2. The minimum atomic E-state index is -0.306. The average Bonchev–Trinajstić information content (AvgIpc) is 2.56. The van der Waals surface area contributed by atoms with Crippen LogP contribution in [0, 0.1) is 0 Å². The van der Waals surface area contributed by atoms with Crippen LogP contribution in [0.2, 0.25) is 0 Å². The summed E-state index contributed by atoms with van der Waals surface area (Å²) in [6.07, 6.45) is 1.59. The highest BCUT2D eigenvalue weighted by Gasteiger charge is 2.08. The predicted molar refractivity (Wildman–Crippen MR) is 94.7 cm³/mol. The fraction of sp³-hybridized carbons (Fsp3) is 0.278. The van der Waals surface area contributed by atoms with Crippen LogP contribution in [0.5, 0.6) is 17.2 Å². The van der Waals surface area contributed by atoms with Crippen molar-refractivity contribution >= 4 is 17.9 Å². The molecular weight excluding hydrogens is 310 g/mol. The number of para-hydroxylation sites is 1. The summed E-state index contributed by atoms with van der Waals surface area (Å²) >= 11 is 3.73. The van der Waals surface area contributed by atoms with E-state index >= 15 is 0 Å². The molecule has 23 heavy (non-hydrogen) atoms. The smallest absolute Gasteiger partial charge is 0.276 e. The molecule has 122 valence electrons. The lowest BCUT2D eigenvalue weighted by Crippen LogP contribution is -2.31. The maximum absolute atomic E-state index is 10.9. The lowest BCUT2D eigenvalue weighted by molar-refractivity contribution is 0.250. The number of amides is 1. The molecule has 0 spiro atoms. The molecule has 0 bridgehead atoms. The summed E-state index contributed by atoms with van der Waals surface area (Å²) in [5, 5.41) is 2.47. The first-order valence-corrected chi connectivity index (χ1v) is 8.07. The number of thiol groups is 1. The van der Waals surface area contributed by atoms with E-state index in [-0.39, 0.29) is 11.3 Å². The van der Waals surface area contributed by atoms with Crippen molar-refractivity contribution in [3.05, 3.63) is 54.6 Å². The van der Waals surface area contributed by atoms with Gasteiger partial charge < -0.3 is 14.8 Å². The molecule has 5 heteroatoms. The molecule has 1 N–H and O–H groups in total. The fourth-order valence-corrected chi connectivity index (χ4v) is 2.28. The summed E-state index contributed by atoms with van der Waals surface area (Å²) in [5.74, 6) is 2.34. The Morgan fingerprint density at radius 3 is 2.26 bits per heavy atom. The third kappa shape index (κ3) is 6.24. The first-order chi connectivity index (χ1) is 11.2. The van der Waals surface area contributed by atoms with E-state index in [1.165, 1.54) is 0 Å². The Morgan fingerprint density at radius 2 is 1.65 bits per heavy atom. The van der Waals surface area contributed by atoms with Gasteiger partial charge in [-0.2, -0.15) is 0 Å². The monoisotopic (exact) mass is 331 g/mol. The molecule has 0 fully saturated rings. The van der Waals surface area contributed by atoms with Crippen LogP contribution in [0.4, 0.5) is 4.79 Å². The van der Waals surface area contributed by atoms with E-state index in [0.717, 1.165) is 30.1 Å². The molecule has 1 atom stereocenters. The highest BCUT2D eigenvalue weighted by molar-refractivity contribution is 7.96. The van der Waals surface area contributed by atoms with Crippen molar-refractivity contribution in [2.45, 2.75) is 25.8 Å². The zero-order valence-corrected chi connectivity index (χ0v) is 14.0. The molecule has 0 aliphatic rings. The van der Waals surface area contributed by atoms with E-state index in [1.807, 2.05) is 61.5 Å². The Labute approximate surface area is 142 Å². The zero-order valence-electron chi connectivity index (χ0n) is 13.1. The van der Waals surface area contributed by atoms with Gasteiger partial charge in [0.05, 0.1) is 6.61 Å². The summed E-state index contributed by atoms with van der Waals surface area (Å²) in [4.78, 5) is 10.9. The Morgan fingerprint density at radius 1 is 1.04 bits per heavy atom. The first-order valence-electron chi connectivity index (χ1n) is 7.62. The second-order valence-electron chi connectivity index (χ2n) is 5.08. The van der Waals surface area contributed by atoms with Gasteiger partial charge in [0.25, 0.3) is 5.24 Å². The van der Waals surface area contributed by atoms with E-state index in [9.17, 15) is 4.79 Å². The molecule has 0 aromatic heterocycles. The Bertz CT molecular complexity index is 601. The van der Waals surface area contributed by atoms with E-state index < -0.39 is 0 Å². The van der Waals surface area contributed by atoms with Gasteiger partial charge >= 0.3 is 0 Å². The molecule has 0 heterocycles. The molecule has 0 aliphatic carbocycles. The number of nitrogens with one attached hydrogen (secondary N) is 1. The lowest BCUT2D eigenvalue weighted by atomic mass is 10.2. The van der Waals surface area contributed by atoms with Gasteiger partial charge in [-0.3, -0.25) is 4.79 Å². The van der Waals surface area contributed by atoms with Crippen LogP contribution < -0.4 is 14.8 Å². The van der Waals surface area contributed by atoms with Crippen molar-refractivity contribution in [2.75, 3.05) is 6.61 Å². The number of benzene rings is 2. The predicted octanol–water partition coefficient (Wildman–Crippen LogP) is 4.67. The van der Waals surface area contributed by atoms with E-state index in [2.05, 4.69) is 17.9 Å². The molecule has 2 aromatic rings. The zero-order chi connectivity index (χ0) is 16.5. The maximum Gasteiger partial charge on any atom is 0.276 e. The molecule has 4 nitrogen and oxygen atoms in total. The van der Waals surface area contributed by atoms with E-state index in [4.69, 9.17) is 9.47 Å². The molecule has 2 rings (SSSR count). The molecule has 0 saturated heterocycles. The van der Waals surface area contributed by atoms with Crippen molar-refractivity contribution in [3.8, 4) is 17.2 Å². The standard InChI is InChI=1S/C18H21NO3S/c1-2-14(19-18(20)23)12-13-21-15-8-10-17(11-9-15)22-16-6-4-3-5-7-16/h3-11,14H,2,12-13H2,1H3,(H2,19,20,23)/t14-/m0/s1. The Kier molecular flexibility index (Phi) is 6.81. The van der Waals surface area contributed by atoms with Crippen LogP contribution in [0.15, 0.2) is 54.6 Å². The summed E-state index contributed by atoms with van der Waals surface area (Å²) in [5.41, 5.74) is 0. The SMILES string of the molecule is CC[C@@H](CCOc1ccc(Oc2ccccc2)cc1)NC(=O)S. The maximum atomic E-state index is 10.9. The Balaban J connectivity index is 1.79. The van der Waals surface area contributed by atoms with Crippen LogP contribution >= 0.6 is 12.6 Å². The summed E-state index contributed by atoms with van der Waals surface area (Å²) in [6.45, 7) is 2.55. The summed E-state index contributed by atoms with van der Waals surface area (Å²) in [6, 6.07) is 17.2. The van der Waals surface area contributed by atoms with Crippen molar-refractivity contribution in [2.24, 2.45) is 0 Å². The van der Waals surface area contributed by atoms with Crippen molar-refractivity contribution in [1.82, 2.24) is 5.32 Å². The quantitative estimate of drug-likeness (QED) is 0.691. The first kappa shape index (κ1) is 17.2. The number of carbonyl (C=O) groups excluding carboxylic acids is 1. The van der Waals surface area contributed by atoms with Crippen LogP contribution in [-0.4, -0.2) is 17.9 Å². The third-order valence-electron chi connectivity index (χ3n) is 3.36. The van der Waals surface area contributed by atoms with Gasteiger partial charge in [-0.1, -0.05) is 37.8 Å². The van der Waals surface area contributed by atoms with Gasteiger partial charge in [0.1, 0.15) is 17.2 Å². The largest absolute Gasteiger partial charge is 0.494 e. The van der Waals surface area contributed by atoms with Crippen molar-refractivity contribution in [3.63, 3.8) is 0 Å². The topological polar surface area (TPSA) is 47.6 Å². The summed E-state index contributed by atoms with van der Waals surface area (Å²) < 4.78 is 11.4. The minimum Gasteiger partial charge on any atom is -0.494 e. The van der Waals surface area contributed by atoms with Gasteiger partial charge in [-0.05, 0) is 42.8 Å². The molecule has 1 amide bonds. The number of hydrogen-bond acceptors (Lipinski definition) is 3. The van der Waals surface area contributed by atoms with Crippen LogP contribution in [0.3, 0.4) is 0 Å². The molecule has 0 aliphatic heterocycles. The minimum absolute atomic E-state index is 0.0840. The van der Waals surface area contributed by atoms with Gasteiger partial charge in [-0.25, -0.2) is 0 Å². The highest BCUT2D eigenvalue weighted by atomic mass is 32.1. The second-order valence-corrected chi connectivity index (χ2v) is 5.48. The summed E-state index contributed by atoms with van der Waals surface area (Å²) in [7, 11) is 0. The fourth-order valence-electron chi connectivity index (χ4n) is 2.10. The average molecular weight is 331 g/mol. The van der Waals surface area contributed by atoms with Gasteiger partial charge in [0.2, 0.25) is 0 Å². The third-order valence-corrected chi connectivity index (χ3v) is 3.49. The van der Waals surface area contributed by atoms with Crippen LogP contribution in [-0.2, 0) is 0 Å². The normalized spacial score (nSPS) is 11.6. The molecule has 0 radical (unpaired) electrons. The van der Waals surface area contributed by atoms with Crippen molar-refractivity contribution < 1.29 is 14.3 Å². The van der Waals surface area contributed by atoms with Crippen LogP contribution in [0.25, 0.3) is 0 Å². The molecule has 0 saturated carbocycles. The highest BCUT2D eigenvalue weighted by Crippen LogP contribution is 2.23. The van der Waals surface area contributed by atoms with Gasteiger partial charge in [0, 0.05) is 12.5 Å². The number of hydrogen-bond donors (Lipinski definition) is 2. The van der Waals surface area contributed by atoms with Crippen molar-refractivity contribution in [1.29, 1.82) is 0 Å². The second kappa shape index (κ2) is 9.10. The number of carbonyl (C=O) groups is 1. The molecule has 2 aromatic carbocycles. The Hall–Kier alpha value is -2.14. The van der Waals surface area contributed by atoms with Gasteiger partial charge in [-0.15, -0.1) is 0 Å². The lowest BCUT2D eigenvalue weighted by Gasteiger charge is -2.15.